The summed E-state index contributed by atoms with van der Waals surface area (Å²) in [6.07, 6.45) is 1.23. The smallest absolute Gasteiger partial charge is 0.341 e. The van der Waals surface area contributed by atoms with Gasteiger partial charge < -0.3 is 24.8 Å². The van der Waals surface area contributed by atoms with E-state index in [0.29, 0.717) is 17.0 Å². The number of halogens is 2. The maximum atomic E-state index is 14.0. The number of hydrogen-bond acceptors (Lipinski definition) is 5. The fraction of sp³-hybridized carbons (Fsp3) is 0.304. The van der Waals surface area contributed by atoms with Crippen LogP contribution in [0.15, 0.2) is 41.3 Å². The Hall–Kier alpha value is -3.46. The van der Waals surface area contributed by atoms with Crippen molar-refractivity contribution in [1.29, 1.82) is 0 Å². The molecule has 3 rings (SSSR count). The van der Waals surface area contributed by atoms with Gasteiger partial charge in [0.25, 0.3) is 0 Å². The third-order valence-corrected chi connectivity index (χ3v) is 5.38. The van der Waals surface area contributed by atoms with Crippen molar-refractivity contribution in [1.82, 2.24) is 4.57 Å². The SMILES string of the molecule is COc1cc2c(cc1NCc1ccc(F)cc1F)c(=O)c(C(=O)O)cn2C(CO)C(C)C. The lowest BCUT2D eigenvalue weighted by molar-refractivity contribution is 0.0694. The Morgan fingerprint density at radius 1 is 1.22 bits per heavy atom. The van der Waals surface area contributed by atoms with Gasteiger partial charge in [0, 0.05) is 35.8 Å². The van der Waals surface area contributed by atoms with Gasteiger partial charge in [0.2, 0.25) is 5.43 Å². The normalized spacial score (nSPS) is 12.2. The number of carboxylic acids is 1. The van der Waals surface area contributed by atoms with E-state index >= 15 is 0 Å². The van der Waals surface area contributed by atoms with Crippen molar-refractivity contribution >= 4 is 22.6 Å². The van der Waals surface area contributed by atoms with E-state index in [-0.39, 0.29) is 30.0 Å². The minimum absolute atomic E-state index is 0.0218. The molecule has 2 aromatic carbocycles. The van der Waals surface area contributed by atoms with Crippen LogP contribution in [-0.4, -0.2) is 34.5 Å². The van der Waals surface area contributed by atoms with Gasteiger partial charge in [-0.3, -0.25) is 4.79 Å². The number of carbonyl (C=O) groups is 1. The largest absolute Gasteiger partial charge is 0.495 e. The second-order valence-electron chi connectivity index (χ2n) is 7.74. The standard InChI is InChI=1S/C23H24F2N2O5/c1-12(2)20(11-28)27-10-16(23(30)31)22(29)15-7-18(21(32-3)8-19(15)27)26-9-13-4-5-14(24)6-17(13)25/h4-8,10,12,20,26,28H,9,11H2,1-3H3,(H,30,31). The molecule has 1 unspecified atom stereocenters. The maximum absolute atomic E-state index is 14.0. The number of aromatic nitrogens is 1. The molecule has 0 amide bonds. The molecule has 0 aliphatic carbocycles. The van der Waals surface area contributed by atoms with E-state index in [0.717, 1.165) is 12.1 Å². The van der Waals surface area contributed by atoms with Crippen molar-refractivity contribution in [2.45, 2.75) is 26.4 Å². The number of rotatable bonds is 8. The van der Waals surface area contributed by atoms with Crippen LogP contribution in [-0.2, 0) is 6.54 Å². The predicted molar refractivity (Wildman–Crippen MR) is 116 cm³/mol. The molecule has 0 bridgehead atoms. The molecule has 0 aliphatic heterocycles. The topological polar surface area (TPSA) is 101 Å². The second kappa shape index (κ2) is 9.35. The summed E-state index contributed by atoms with van der Waals surface area (Å²) in [5.74, 6) is -2.53. The molecule has 0 saturated carbocycles. The highest BCUT2D eigenvalue weighted by Gasteiger charge is 2.22. The van der Waals surface area contributed by atoms with Crippen LogP contribution in [0.25, 0.3) is 10.9 Å². The number of carboxylic acid groups (broad SMARTS) is 1. The number of aliphatic hydroxyl groups excluding tert-OH is 1. The number of benzene rings is 2. The van der Waals surface area contributed by atoms with Gasteiger partial charge in [0.05, 0.1) is 31.0 Å². The van der Waals surface area contributed by atoms with E-state index in [9.17, 15) is 28.6 Å². The molecule has 3 N–H and O–H groups in total. The molecule has 7 nitrogen and oxygen atoms in total. The van der Waals surface area contributed by atoms with Gasteiger partial charge in [0.15, 0.2) is 0 Å². The Bertz CT molecular complexity index is 1220. The molecule has 0 radical (unpaired) electrons. The fourth-order valence-electron chi connectivity index (χ4n) is 3.59. The first kappa shape index (κ1) is 23.2. The Labute approximate surface area is 182 Å². The lowest BCUT2D eigenvalue weighted by Gasteiger charge is -2.25. The number of aromatic carboxylic acids is 1. The zero-order chi connectivity index (χ0) is 23.6. The molecule has 0 fully saturated rings. The van der Waals surface area contributed by atoms with Gasteiger partial charge in [-0.2, -0.15) is 0 Å². The summed E-state index contributed by atoms with van der Waals surface area (Å²) in [6, 6.07) is 5.74. The third kappa shape index (κ3) is 4.43. The highest BCUT2D eigenvalue weighted by Crippen LogP contribution is 2.32. The van der Waals surface area contributed by atoms with E-state index in [1.165, 1.54) is 25.4 Å². The van der Waals surface area contributed by atoms with Crippen LogP contribution in [0.3, 0.4) is 0 Å². The number of nitrogens with one attached hydrogen (secondary N) is 1. The molecule has 1 atom stereocenters. The Kier molecular flexibility index (Phi) is 6.78. The molecule has 0 saturated heterocycles. The molecule has 32 heavy (non-hydrogen) atoms. The second-order valence-corrected chi connectivity index (χ2v) is 7.74. The van der Waals surface area contributed by atoms with E-state index in [4.69, 9.17) is 4.74 Å². The van der Waals surface area contributed by atoms with Crippen LogP contribution in [0, 0.1) is 17.6 Å². The summed E-state index contributed by atoms with van der Waals surface area (Å²) in [6.45, 7) is 3.46. The lowest BCUT2D eigenvalue weighted by Crippen LogP contribution is -2.25. The van der Waals surface area contributed by atoms with E-state index < -0.39 is 34.6 Å². The van der Waals surface area contributed by atoms with Crippen molar-refractivity contribution in [3.8, 4) is 5.75 Å². The monoisotopic (exact) mass is 446 g/mol. The molecular formula is C23H24F2N2O5. The number of hydrogen-bond donors (Lipinski definition) is 3. The third-order valence-electron chi connectivity index (χ3n) is 5.38. The van der Waals surface area contributed by atoms with Gasteiger partial charge in [-0.05, 0) is 18.1 Å². The summed E-state index contributed by atoms with van der Waals surface area (Å²) in [5.41, 5.74) is -0.200. The Morgan fingerprint density at radius 2 is 1.94 bits per heavy atom. The van der Waals surface area contributed by atoms with Gasteiger partial charge in [-0.15, -0.1) is 0 Å². The number of aliphatic hydroxyl groups is 1. The number of fused-ring (bicyclic) bond motifs is 1. The zero-order valence-electron chi connectivity index (χ0n) is 17.9. The van der Waals surface area contributed by atoms with Crippen LogP contribution in [0.5, 0.6) is 5.75 Å². The molecule has 0 spiro atoms. The maximum Gasteiger partial charge on any atom is 0.341 e. The molecule has 9 heteroatoms. The number of methoxy groups -OCH3 is 1. The van der Waals surface area contributed by atoms with Gasteiger partial charge in [0.1, 0.15) is 22.9 Å². The molecule has 1 heterocycles. The first-order valence-electron chi connectivity index (χ1n) is 9.96. The van der Waals surface area contributed by atoms with Crippen molar-refractivity contribution in [2.24, 2.45) is 5.92 Å². The van der Waals surface area contributed by atoms with Crippen molar-refractivity contribution in [3.05, 3.63) is 69.5 Å². The first-order valence-corrected chi connectivity index (χ1v) is 9.96. The Morgan fingerprint density at radius 3 is 2.50 bits per heavy atom. The molecule has 1 aromatic heterocycles. The molecule has 0 aliphatic rings. The van der Waals surface area contributed by atoms with E-state index in [1.54, 1.807) is 10.6 Å². The minimum atomic E-state index is -1.38. The highest BCUT2D eigenvalue weighted by molar-refractivity contribution is 5.94. The number of anilines is 1. The average molecular weight is 446 g/mol. The first-order chi connectivity index (χ1) is 15.2. The Balaban J connectivity index is 2.18. The summed E-state index contributed by atoms with van der Waals surface area (Å²) < 4.78 is 34.1. The number of nitrogens with zero attached hydrogens (tertiary/aromatic N) is 1. The van der Waals surface area contributed by atoms with Gasteiger partial charge in [-0.25, -0.2) is 13.6 Å². The van der Waals surface area contributed by atoms with Gasteiger partial charge >= 0.3 is 5.97 Å². The van der Waals surface area contributed by atoms with Crippen LogP contribution in [0.2, 0.25) is 0 Å². The number of pyridine rings is 1. The molecular weight excluding hydrogens is 422 g/mol. The predicted octanol–water partition coefficient (Wildman–Crippen LogP) is 3.79. The summed E-state index contributed by atoms with van der Waals surface area (Å²) in [4.78, 5) is 24.6. The summed E-state index contributed by atoms with van der Waals surface area (Å²) in [5, 5.41) is 22.5. The highest BCUT2D eigenvalue weighted by atomic mass is 19.1. The van der Waals surface area contributed by atoms with Crippen LogP contribution in [0.1, 0.15) is 35.8 Å². The molecule has 3 aromatic rings. The molecule has 170 valence electrons. The number of ether oxygens (including phenoxy) is 1. The minimum Gasteiger partial charge on any atom is -0.495 e. The van der Waals surface area contributed by atoms with Crippen molar-refractivity contribution < 1.29 is 28.5 Å². The zero-order valence-corrected chi connectivity index (χ0v) is 17.9. The summed E-state index contributed by atoms with van der Waals surface area (Å²) in [7, 11) is 1.42. The lowest BCUT2D eigenvalue weighted by atomic mass is 10.0. The fourth-order valence-corrected chi connectivity index (χ4v) is 3.59. The van der Waals surface area contributed by atoms with Crippen LogP contribution in [0.4, 0.5) is 14.5 Å². The van der Waals surface area contributed by atoms with Crippen LogP contribution < -0.4 is 15.5 Å². The van der Waals surface area contributed by atoms with Crippen LogP contribution >= 0.6 is 0 Å². The van der Waals surface area contributed by atoms with Crippen molar-refractivity contribution in [2.75, 3.05) is 19.0 Å². The quantitative estimate of drug-likeness (QED) is 0.487. The van der Waals surface area contributed by atoms with Crippen molar-refractivity contribution in [3.63, 3.8) is 0 Å². The average Bonchev–Trinajstić information content (AvgIpc) is 2.74. The van der Waals surface area contributed by atoms with E-state index in [1.807, 2.05) is 13.8 Å². The van der Waals surface area contributed by atoms with E-state index in [2.05, 4.69) is 5.32 Å². The summed E-state index contributed by atoms with van der Waals surface area (Å²) >= 11 is 0. The van der Waals surface area contributed by atoms with Gasteiger partial charge in [-0.1, -0.05) is 19.9 Å².